The molecule has 1 aromatic heterocycles. The molecular formula is C21H22N2O3S. The summed E-state index contributed by atoms with van der Waals surface area (Å²) in [6.45, 7) is 6.08. The molecule has 27 heavy (non-hydrogen) atoms. The normalized spacial score (nSPS) is 10.5. The van der Waals surface area contributed by atoms with Gasteiger partial charge in [-0.3, -0.25) is 10.1 Å². The fourth-order valence-corrected chi connectivity index (χ4v) is 3.45. The van der Waals surface area contributed by atoms with Crippen LogP contribution in [0.1, 0.15) is 16.0 Å². The molecular weight excluding hydrogens is 360 g/mol. The van der Waals surface area contributed by atoms with Crippen LogP contribution in [-0.4, -0.2) is 24.6 Å². The van der Waals surface area contributed by atoms with Crippen molar-refractivity contribution in [2.24, 2.45) is 0 Å². The van der Waals surface area contributed by atoms with Crippen LogP contribution in [0.4, 0.5) is 5.13 Å². The van der Waals surface area contributed by atoms with Gasteiger partial charge >= 0.3 is 0 Å². The lowest BCUT2D eigenvalue weighted by Gasteiger charge is -2.07. The number of methoxy groups -OCH3 is 1. The van der Waals surface area contributed by atoms with Crippen LogP contribution in [0.2, 0.25) is 0 Å². The van der Waals surface area contributed by atoms with Crippen molar-refractivity contribution in [3.05, 3.63) is 58.5 Å². The van der Waals surface area contributed by atoms with Crippen LogP contribution in [0.25, 0.3) is 11.3 Å². The van der Waals surface area contributed by atoms with Gasteiger partial charge in [0.05, 0.1) is 12.8 Å². The number of aryl methyl sites for hydroxylation is 3. The molecule has 0 atom stereocenters. The fraction of sp³-hybridized carbons (Fsp3) is 0.238. The maximum Gasteiger partial charge on any atom is 0.264 e. The van der Waals surface area contributed by atoms with Crippen LogP contribution in [0.5, 0.6) is 11.5 Å². The SMILES string of the molecule is COc1cccc(OCC(=O)Nc2nc(-c3ccc(C)c(C)c3)c(C)s2)c1. The average Bonchev–Trinajstić information content (AvgIpc) is 3.02. The summed E-state index contributed by atoms with van der Waals surface area (Å²) >= 11 is 1.46. The van der Waals surface area contributed by atoms with Crippen LogP contribution < -0.4 is 14.8 Å². The number of rotatable bonds is 6. The second kappa shape index (κ2) is 8.22. The Bertz CT molecular complexity index is 966. The number of nitrogens with one attached hydrogen (secondary N) is 1. The van der Waals surface area contributed by atoms with Crippen LogP contribution in [0.15, 0.2) is 42.5 Å². The number of aromatic nitrogens is 1. The predicted molar refractivity (Wildman–Crippen MR) is 109 cm³/mol. The summed E-state index contributed by atoms with van der Waals surface area (Å²) in [7, 11) is 1.59. The number of thiazole rings is 1. The summed E-state index contributed by atoms with van der Waals surface area (Å²) < 4.78 is 10.7. The molecule has 0 aliphatic heterocycles. The highest BCUT2D eigenvalue weighted by Gasteiger charge is 2.13. The number of carbonyl (C=O) groups is 1. The smallest absolute Gasteiger partial charge is 0.264 e. The predicted octanol–water partition coefficient (Wildman–Crippen LogP) is 4.76. The van der Waals surface area contributed by atoms with E-state index in [0.29, 0.717) is 16.6 Å². The number of amides is 1. The van der Waals surface area contributed by atoms with E-state index in [2.05, 4.69) is 42.3 Å². The third kappa shape index (κ3) is 4.65. The number of ether oxygens (including phenoxy) is 2. The zero-order chi connectivity index (χ0) is 19.4. The van der Waals surface area contributed by atoms with E-state index in [4.69, 9.17) is 9.47 Å². The van der Waals surface area contributed by atoms with Crippen LogP contribution in [0.3, 0.4) is 0 Å². The Morgan fingerprint density at radius 3 is 2.59 bits per heavy atom. The molecule has 0 radical (unpaired) electrons. The van der Waals surface area contributed by atoms with Gasteiger partial charge in [-0.15, -0.1) is 11.3 Å². The van der Waals surface area contributed by atoms with Gasteiger partial charge in [-0.05, 0) is 50.1 Å². The Hall–Kier alpha value is -2.86. The number of nitrogens with zero attached hydrogens (tertiary/aromatic N) is 1. The van der Waals surface area contributed by atoms with Crippen molar-refractivity contribution in [2.75, 3.05) is 19.0 Å². The second-order valence-electron chi connectivity index (χ2n) is 6.24. The highest BCUT2D eigenvalue weighted by molar-refractivity contribution is 7.16. The van der Waals surface area contributed by atoms with Gasteiger partial charge in [-0.25, -0.2) is 4.98 Å². The van der Waals surface area contributed by atoms with Gasteiger partial charge in [-0.2, -0.15) is 0 Å². The van der Waals surface area contributed by atoms with E-state index < -0.39 is 0 Å². The van der Waals surface area contributed by atoms with Crippen LogP contribution in [0, 0.1) is 20.8 Å². The van der Waals surface area contributed by atoms with E-state index >= 15 is 0 Å². The Morgan fingerprint density at radius 2 is 1.85 bits per heavy atom. The zero-order valence-electron chi connectivity index (χ0n) is 15.8. The fourth-order valence-electron chi connectivity index (χ4n) is 2.60. The molecule has 0 unspecified atom stereocenters. The third-order valence-corrected chi connectivity index (χ3v) is 5.12. The van der Waals surface area contributed by atoms with E-state index in [9.17, 15) is 4.79 Å². The Labute approximate surface area is 163 Å². The van der Waals surface area contributed by atoms with Gasteiger partial charge in [0.2, 0.25) is 0 Å². The van der Waals surface area contributed by atoms with Crippen molar-refractivity contribution in [1.29, 1.82) is 0 Å². The molecule has 1 heterocycles. The lowest BCUT2D eigenvalue weighted by molar-refractivity contribution is -0.118. The molecule has 6 heteroatoms. The minimum atomic E-state index is -0.252. The number of benzene rings is 2. The maximum absolute atomic E-state index is 12.2. The second-order valence-corrected chi connectivity index (χ2v) is 7.44. The number of hydrogen-bond acceptors (Lipinski definition) is 5. The summed E-state index contributed by atoms with van der Waals surface area (Å²) in [5.41, 5.74) is 4.42. The largest absolute Gasteiger partial charge is 0.497 e. The average molecular weight is 382 g/mol. The summed E-state index contributed by atoms with van der Waals surface area (Å²) in [4.78, 5) is 17.8. The van der Waals surface area contributed by atoms with Gasteiger partial charge in [0.1, 0.15) is 11.5 Å². The summed E-state index contributed by atoms with van der Waals surface area (Å²) in [6.07, 6.45) is 0. The minimum Gasteiger partial charge on any atom is -0.497 e. The molecule has 0 saturated heterocycles. The molecule has 0 saturated carbocycles. The molecule has 1 amide bonds. The van der Waals surface area contributed by atoms with E-state index in [1.807, 2.05) is 19.1 Å². The van der Waals surface area contributed by atoms with Crippen LogP contribution >= 0.6 is 11.3 Å². The molecule has 3 aromatic rings. The first kappa shape index (κ1) is 18.9. The first-order valence-corrected chi connectivity index (χ1v) is 9.39. The highest BCUT2D eigenvalue weighted by Crippen LogP contribution is 2.31. The van der Waals surface area contributed by atoms with Gasteiger partial charge in [-0.1, -0.05) is 18.2 Å². The van der Waals surface area contributed by atoms with E-state index in [1.54, 1.807) is 19.2 Å². The lowest BCUT2D eigenvalue weighted by atomic mass is 10.0. The van der Waals surface area contributed by atoms with Crippen molar-refractivity contribution in [3.63, 3.8) is 0 Å². The zero-order valence-corrected chi connectivity index (χ0v) is 16.6. The molecule has 5 nitrogen and oxygen atoms in total. The van der Waals surface area contributed by atoms with Crippen molar-refractivity contribution in [2.45, 2.75) is 20.8 Å². The quantitative estimate of drug-likeness (QED) is 0.668. The van der Waals surface area contributed by atoms with Gasteiger partial charge < -0.3 is 9.47 Å². The molecule has 2 aromatic carbocycles. The van der Waals surface area contributed by atoms with Crippen molar-refractivity contribution in [3.8, 4) is 22.8 Å². The number of hydrogen-bond donors (Lipinski definition) is 1. The summed E-state index contributed by atoms with van der Waals surface area (Å²) in [5.74, 6) is 1.01. The summed E-state index contributed by atoms with van der Waals surface area (Å²) in [6, 6.07) is 13.4. The molecule has 0 aliphatic carbocycles. The molecule has 1 N–H and O–H groups in total. The highest BCUT2D eigenvalue weighted by atomic mass is 32.1. The van der Waals surface area contributed by atoms with E-state index in [0.717, 1.165) is 16.1 Å². The monoisotopic (exact) mass is 382 g/mol. The lowest BCUT2D eigenvalue weighted by Crippen LogP contribution is -2.20. The van der Waals surface area contributed by atoms with Crippen molar-refractivity contribution >= 4 is 22.4 Å². The van der Waals surface area contributed by atoms with E-state index in [-0.39, 0.29) is 12.5 Å². The number of anilines is 1. The number of carbonyl (C=O) groups excluding carboxylic acids is 1. The minimum absolute atomic E-state index is 0.0925. The first-order chi connectivity index (χ1) is 13.0. The molecule has 0 aliphatic rings. The van der Waals surface area contributed by atoms with Crippen LogP contribution in [-0.2, 0) is 4.79 Å². The Kier molecular flexibility index (Phi) is 5.76. The summed E-state index contributed by atoms with van der Waals surface area (Å²) in [5, 5.41) is 3.38. The molecule has 140 valence electrons. The molecule has 0 bridgehead atoms. The molecule has 3 rings (SSSR count). The van der Waals surface area contributed by atoms with Gasteiger partial charge in [0.25, 0.3) is 5.91 Å². The molecule has 0 spiro atoms. The van der Waals surface area contributed by atoms with Gasteiger partial charge in [0.15, 0.2) is 11.7 Å². The maximum atomic E-state index is 12.2. The topological polar surface area (TPSA) is 60.5 Å². The molecule has 0 fully saturated rings. The third-order valence-electron chi connectivity index (χ3n) is 4.23. The van der Waals surface area contributed by atoms with Gasteiger partial charge in [0, 0.05) is 16.5 Å². The van der Waals surface area contributed by atoms with Crippen molar-refractivity contribution in [1.82, 2.24) is 4.98 Å². The Balaban J connectivity index is 1.65. The van der Waals surface area contributed by atoms with Crippen molar-refractivity contribution < 1.29 is 14.3 Å². The standard InChI is InChI=1S/C21H22N2O3S/c1-13-8-9-16(10-14(13)2)20-15(3)27-21(23-20)22-19(24)12-26-18-7-5-6-17(11-18)25-4/h5-11H,12H2,1-4H3,(H,22,23,24). The van der Waals surface area contributed by atoms with E-state index in [1.165, 1.54) is 22.5 Å². The Morgan fingerprint density at radius 1 is 1.07 bits per heavy atom. The first-order valence-electron chi connectivity index (χ1n) is 8.58.